The number of rotatable bonds is 7. The second-order valence-corrected chi connectivity index (χ2v) is 9.97. The van der Waals surface area contributed by atoms with Crippen molar-refractivity contribution in [3.8, 4) is 11.5 Å². The van der Waals surface area contributed by atoms with E-state index in [0.29, 0.717) is 18.4 Å². The van der Waals surface area contributed by atoms with E-state index < -0.39 is 0 Å². The van der Waals surface area contributed by atoms with Crippen LogP contribution in [0.4, 0.5) is 4.39 Å². The van der Waals surface area contributed by atoms with E-state index in [1.807, 2.05) is 43.0 Å². The van der Waals surface area contributed by atoms with Gasteiger partial charge < -0.3 is 14.8 Å². The number of fused-ring (bicyclic) bond motifs is 1. The molecule has 0 saturated heterocycles. The quantitative estimate of drug-likeness (QED) is 0.482. The van der Waals surface area contributed by atoms with Crippen molar-refractivity contribution >= 4 is 5.91 Å². The van der Waals surface area contributed by atoms with Gasteiger partial charge in [0.2, 0.25) is 5.91 Å². The number of aryl methyl sites for hydroxylation is 3. The molecule has 36 heavy (non-hydrogen) atoms. The van der Waals surface area contributed by atoms with Crippen molar-refractivity contribution in [3.05, 3.63) is 76.9 Å². The van der Waals surface area contributed by atoms with Gasteiger partial charge in [0.25, 0.3) is 0 Å². The van der Waals surface area contributed by atoms with Crippen molar-refractivity contribution in [2.24, 2.45) is 7.05 Å². The average Bonchev–Trinajstić information content (AvgIpc) is 3.21. The van der Waals surface area contributed by atoms with Crippen LogP contribution >= 0.6 is 0 Å². The number of amides is 1. The van der Waals surface area contributed by atoms with Gasteiger partial charge >= 0.3 is 0 Å². The second-order valence-electron chi connectivity index (χ2n) is 9.97. The molecule has 6 nitrogen and oxygen atoms in total. The monoisotopic (exact) mass is 491 g/mol. The smallest absolute Gasteiger partial charge is 0.220 e. The summed E-state index contributed by atoms with van der Waals surface area (Å²) in [6.07, 6.45) is 8.15. The largest absolute Gasteiger partial charge is 0.490 e. The van der Waals surface area contributed by atoms with Crippen molar-refractivity contribution in [2.75, 3.05) is 0 Å². The third-order valence-corrected chi connectivity index (χ3v) is 7.53. The van der Waals surface area contributed by atoms with Crippen LogP contribution in [0.2, 0.25) is 0 Å². The van der Waals surface area contributed by atoms with E-state index in [9.17, 15) is 9.18 Å². The number of benzene rings is 2. The Hall–Kier alpha value is -3.35. The zero-order chi connectivity index (χ0) is 25.1. The van der Waals surface area contributed by atoms with Gasteiger partial charge in [-0.15, -0.1) is 0 Å². The molecule has 1 fully saturated rings. The Kier molecular flexibility index (Phi) is 7.25. The SMILES string of the molecule is Cc1c(CCC(=O)NC2CCC(Oc3ccc4c(c3)CCC(c3ccccc3F)O4)CC2)cnn1C. The summed E-state index contributed by atoms with van der Waals surface area (Å²) in [6, 6.07) is 13.0. The Bertz CT molecular complexity index is 1220. The zero-order valence-corrected chi connectivity index (χ0v) is 21.0. The molecule has 7 heteroatoms. The molecule has 3 aromatic rings. The highest BCUT2D eigenvalue weighted by molar-refractivity contribution is 5.76. The predicted molar refractivity (Wildman–Crippen MR) is 136 cm³/mol. The van der Waals surface area contributed by atoms with E-state index >= 15 is 0 Å². The van der Waals surface area contributed by atoms with Crippen LogP contribution in [0.1, 0.15) is 67.0 Å². The summed E-state index contributed by atoms with van der Waals surface area (Å²) >= 11 is 0. The molecular weight excluding hydrogens is 457 g/mol. The van der Waals surface area contributed by atoms with Crippen LogP contribution in [0, 0.1) is 12.7 Å². The van der Waals surface area contributed by atoms with E-state index in [0.717, 1.165) is 66.8 Å². The van der Waals surface area contributed by atoms with Crippen LogP contribution in [-0.2, 0) is 24.7 Å². The fraction of sp³-hybridized carbons (Fsp3) is 0.448. The van der Waals surface area contributed by atoms with E-state index in [4.69, 9.17) is 9.47 Å². The normalized spacial score (nSPS) is 21.4. The molecule has 1 N–H and O–H groups in total. The van der Waals surface area contributed by atoms with Crippen LogP contribution in [0.3, 0.4) is 0 Å². The molecule has 1 aliphatic heterocycles. The van der Waals surface area contributed by atoms with Gasteiger partial charge in [-0.05, 0) is 87.3 Å². The number of nitrogens with one attached hydrogen (secondary N) is 1. The Morgan fingerprint density at radius 1 is 1.17 bits per heavy atom. The van der Waals surface area contributed by atoms with Crippen LogP contribution in [-0.4, -0.2) is 27.8 Å². The van der Waals surface area contributed by atoms with Gasteiger partial charge in [-0.25, -0.2) is 4.39 Å². The number of halogens is 1. The molecule has 0 radical (unpaired) electrons. The van der Waals surface area contributed by atoms with Crippen LogP contribution < -0.4 is 14.8 Å². The molecule has 1 saturated carbocycles. The number of carbonyl (C=O) groups excluding carboxylic acids is 1. The molecule has 1 aromatic heterocycles. The maximum atomic E-state index is 14.2. The average molecular weight is 492 g/mol. The summed E-state index contributed by atoms with van der Waals surface area (Å²) in [5.74, 6) is 1.53. The lowest BCUT2D eigenvalue weighted by atomic mass is 9.92. The lowest BCUT2D eigenvalue weighted by Gasteiger charge is -2.30. The van der Waals surface area contributed by atoms with Crippen LogP contribution in [0.5, 0.6) is 11.5 Å². The van der Waals surface area contributed by atoms with E-state index in [1.165, 1.54) is 6.07 Å². The maximum absolute atomic E-state index is 14.2. The number of hydrogen-bond acceptors (Lipinski definition) is 4. The number of ether oxygens (including phenoxy) is 2. The van der Waals surface area contributed by atoms with E-state index in [2.05, 4.69) is 16.5 Å². The number of nitrogens with zero attached hydrogens (tertiary/aromatic N) is 2. The topological polar surface area (TPSA) is 65.4 Å². The Balaban J connectivity index is 1.08. The van der Waals surface area contributed by atoms with Gasteiger partial charge in [0.05, 0.1) is 12.3 Å². The molecule has 1 amide bonds. The van der Waals surface area contributed by atoms with Gasteiger partial charge in [0.1, 0.15) is 23.4 Å². The third kappa shape index (κ3) is 5.55. The van der Waals surface area contributed by atoms with Gasteiger partial charge in [0, 0.05) is 30.8 Å². The Morgan fingerprint density at radius 2 is 1.97 bits per heavy atom. The van der Waals surface area contributed by atoms with Crippen molar-refractivity contribution in [3.63, 3.8) is 0 Å². The van der Waals surface area contributed by atoms with Crippen LogP contribution in [0.25, 0.3) is 0 Å². The minimum Gasteiger partial charge on any atom is -0.490 e. The fourth-order valence-electron chi connectivity index (χ4n) is 5.25. The minimum absolute atomic E-state index is 0.103. The van der Waals surface area contributed by atoms with Crippen molar-refractivity contribution in [1.82, 2.24) is 15.1 Å². The lowest BCUT2D eigenvalue weighted by Crippen LogP contribution is -2.39. The van der Waals surface area contributed by atoms with E-state index in [-0.39, 0.29) is 30.0 Å². The molecule has 2 aliphatic rings. The first-order valence-corrected chi connectivity index (χ1v) is 12.9. The molecule has 190 valence electrons. The van der Waals surface area contributed by atoms with Gasteiger partial charge in [-0.3, -0.25) is 9.48 Å². The van der Waals surface area contributed by atoms with Gasteiger partial charge in [-0.2, -0.15) is 5.10 Å². The molecule has 1 aliphatic carbocycles. The highest BCUT2D eigenvalue weighted by Crippen LogP contribution is 2.38. The molecule has 0 spiro atoms. The Labute approximate surface area is 211 Å². The second kappa shape index (κ2) is 10.7. The molecular formula is C29H34FN3O3. The minimum atomic E-state index is -0.260. The van der Waals surface area contributed by atoms with Crippen LogP contribution in [0.15, 0.2) is 48.7 Å². The summed E-state index contributed by atoms with van der Waals surface area (Å²) in [6.45, 7) is 2.03. The molecule has 1 atom stereocenters. The highest BCUT2D eigenvalue weighted by Gasteiger charge is 2.26. The number of carbonyl (C=O) groups is 1. The summed E-state index contributed by atoms with van der Waals surface area (Å²) in [5, 5.41) is 7.44. The summed E-state index contributed by atoms with van der Waals surface area (Å²) in [4.78, 5) is 12.4. The van der Waals surface area contributed by atoms with E-state index in [1.54, 1.807) is 12.1 Å². The number of hydrogen-bond donors (Lipinski definition) is 1. The zero-order valence-electron chi connectivity index (χ0n) is 21.0. The number of aromatic nitrogens is 2. The molecule has 2 aromatic carbocycles. The first-order chi connectivity index (χ1) is 17.5. The maximum Gasteiger partial charge on any atom is 0.220 e. The molecule has 2 heterocycles. The summed E-state index contributed by atoms with van der Waals surface area (Å²) < 4.78 is 28.4. The van der Waals surface area contributed by atoms with Gasteiger partial charge in [-0.1, -0.05) is 18.2 Å². The predicted octanol–water partition coefficient (Wildman–Crippen LogP) is 5.37. The van der Waals surface area contributed by atoms with Crippen molar-refractivity contribution < 1.29 is 18.7 Å². The van der Waals surface area contributed by atoms with Gasteiger partial charge in [0.15, 0.2) is 0 Å². The summed E-state index contributed by atoms with van der Waals surface area (Å²) in [7, 11) is 1.92. The fourth-order valence-corrected chi connectivity index (χ4v) is 5.25. The standard InChI is InChI=1S/C29H34FN3O3/c1-19-21(18-31-33(19)2)8-16-29(34)32-22-9-11-23(12-10-22)35-24-13-15-27-20(17-24)7-14-28(36-27)25-5-3-4-6-26(25)30/h3-6,13,15,17-18,22-23,28H,7-12,14,16H2,1-2H3,(H,32,34). The first kappa shape index (κ1) is 24.3. The summed E-state index contributed by atoms with van der Waals surface area (Å²) in [5.41, 5.74) is 3.95. The first-order valence-electron chi connectivity index (χ1n) is 12.9. The third-order valence-electron chi connectivity index (χ3n) is 7.53. The highest BCUT2D eigenvalue weighted by atomic mass is 19.1. The lowest BCUT2D eigenvalue weighted by molar-refractivity contribution is -0.122. The molecule has 1 unspecified atom stereocenters. The molecule has 0 bridgehead atoms. The molecule has 5 rings (SSSR count). The van der Waals surface area contributed by atoms with Crippen molar-refractivity contribution in [2.45, 2.75) is 76.5 Å². The van der Waals surface area contributed by atoms with Crippen molar-refractivity contribution in [1.29, 1.82) is 0 Å². The Morgan fingerprint density at radius 3 is 2.72 bits per heavy atom.